The Morgan fingerprint density at radius 1 is 1.12 bits per heavy atom. The number of aromatic nitrogens is 1. The average molecular weight is 489 g/mol. The molecule has 0 radical (unpaired) electrons. The number of esters is 1. The molecule has 1 amide bonds. The Morgan fingerprint density at radius 3 is 2.33 bits per heavy atom. The molecule has 2 aromatic rings. The molecule has 1 fully saturated rings. The van der Waals surface area contributed by atoms with Gasteiger partial charge in [0, 0.05) is 29.9 Å². The maximum Gasteiger partial charge on any atom is 0.417 e. The van der Waals surface area contributed by atoms with E-state index in [0.717, 1.165) is 12.3 Å². The van der Waals surface area contributed by atoms with E-state index in [2.05, 4.69) is 10.3 Å². The smallest absolute Gasteiger partial charge is 0.417 e. The number of rotatable bonds is 7. The van der Waals surface area contributed by atoms with E-state index in [1.54, 1.807) is 4.90 Å². The van der Waals surface area contributed by atoms with E-state index >= 15 is 0 Å². The van der Waals surface area contributed by atoms with Crippen molar-refractivity contribution >= 4 is 35.1 Å². The van der Waals surface area contributed by atoms with Crippen LogP contribution in [0.1, 0.15) is 18.4 Å². The number of thioether (sulfide) groups is 1. The molecule has 1 aromatic heterocycles. The Labute approximate surface area is 190 Å². The highest BCUT2D eigenvalue weighted by atomic mass is 32.2. The van der Waals surface area contributed by atoms with Gasteiger partial charge in [0.05, 0.1) is 11.5 Å². The van der Waals surface area contributed by atoms with E-state index in [4.69, 9.17) is 4.74 Å². The normalized spacial score (nSPS) is 14.9. The molecule has 1 N–H and O–H groups in total. The second-order valence-corrected chi connectivity index (χ2v) is 8.29. The lowest BCUT2D eigenvalue weighted by Gasteiger charge is -2.31. The molecule has 0 atom stereocenters. The monoisotopic (exact) mass is 489 g/mol. The van der Waals surface area contributed by atoms with Crippen LogP contribution >= 0.6 is 11.8 Å². The number of carbonyl (C=O) groups is 2. The van der Waals surface area contributed by atoms with Gasteiger partial charge in [0.25, 0.3) is 11.7 Å². The number of pyridine rings is 1. The Bertz CT molecular complexity index is 947. The molecule has 0 aliphatic carbocycles. The molecule has 0 unspecified atom stereocenters. The molecular weight excluding hydrogens is 469 g/mol. The topological polar surface area (TPSA) is 71.5 Å². The number of piperidine rings is 1. The second kappa shape index (κ2) is 10.8. The zero-order chi connectivity index (χ0) is 24.0. The molecule has 0 spiro atoms. The lowest BCUT2D eigenvalue weighted by Crippen LogP contribution is -2.38. The number of nitrogens with zero attached hydrogens (tertiary/aromatic N) is 2. The van der Waals surface area contributed by atoms with Gasteiger partial charge in [-0.05, 0) is 49.2 Å². The van der Waals surface area contributed by atoms with Crippen LogP contribution in [0.3, 0.4) is 0 Å². The summed E-state index contributed by atoms with van der Waals surface area (Å²) in [6.45, 7) is 0.327. The maximum atomic E-state index is 12.7. The molecule has 6 nitrogen and oxygen atoms in total. The Balaban J connectivity index is 1.41. The fourth-order valence-corrected chi connectivity index (χ4v) is 3.76. The van der Waals surface area contributed by atoms with E-state index in [9.17, 15) is 31.5 Å². The number of amides is 1. The van der Waals surface area contributed by atoms with Crippen molar-refractivity contribution in [1.82, 2.24) is 4.98 Å². The summed E-state index contributed by atoms with van der Waals surface area (Å²) in [4.78, 5) is 30.2. The largest absolute Gasteiger partial charge is 0.455 e. The minimum absolute atomic E-state index is 0.354. The van der Waals surface area contributed by atoms with Gasteiger partial charge in [0.15, 0.2) is 6.61 Å². The Hall–Kier alpha value is -2.89. The predicted molar refractivity (Wildman–Crippen MR) is 112 cm³/mol. The molecular formula is C21H20F5N3O3S. The molecule has 1 aromatic carbocycles. The summed E-state index contributed by atoms with van der Waals surface area (Å²) in [5.74, 6) is -3.68. The number of carbonyl (C=O) groups excluding carboxylic acids is 2. The van der Waals surface area contributed by atoms with Crippen molar-refractivity contribution < 1.29 is 36.3 Å². The number of alkyl halides is 5. The van der Waals surface area contributed by atoms with E-state index in [0.29, 0.717) is 54.1 Å². The van der Waals surface area contributed by atoms with Crippen LogP contribution in [-0.2, 0) is 20.5 Å². The molecule has 1 saturated heterocycles. The van der Waals surface area contributed by atoms with E-state index in [1.807, 2.05) is 0 Å². The SMILES string of the molecule is O=C(COC(=O)C1CCN(c2ccc(C(F)(F)F)cn2)CC1)Nc1ccc(SC(F)F)cc1. The third-order valence-electron chi connectivity index (χ3n) is 4.94. The molecule has 0 bridgehead atoms. The lowest BCUT2D eigenvalue weighted by atomic mass is 9.97. The highest BCUT2D eigenvalue weighted by Crippen LogP contribution is 2.30. The first-order chi connectivity index (χ1) is 15.6. The van der Waals surface area contributed by atoms with Crippen molar-refractivity contribution in [2.24, 2.45) is 5.92 Å². The molecule has 0 saturated carbocycles. The van der Waals surface area contributed by atoms with Crippen LogP contribution in [-0.4, -0.2) is 42.3 Å². The number of halogens is 5. The molecule has 1 aliphatic rings. The second-order valence-electron chi connectivity index (χ2n) is 7.22. The number of ether oxygens (including phenoxy) is 1. The standard InChI is InChI=1S/C21H20F5N3O3S/c22-20(23)33-16-4-2-15(3-5-16)28-18(30)12-32-19(31)13-7-9-29(10-8-13)17-6-1-14(11-27-17)21(24,25)26/h1-6,11,13,20H,7-10,12H2,(H,28,30). The summed E-state index contributed by atoms with van der Waals surface area (Å²) in [7, 11) is 0. The molecule has 178 valence electrons. The minimum atomic E-state index is -4.45. The average Bonchev–Trinajstić information content (AvgIpc) is 2.78. The van der Waals surface area contributed by atoms with Crippen LogP contribution in [0.5, 0.6) is 0 Å². The summed E-state index contributed by atoms with van der Waals surface area (Å²) in [5.41, 5.74) is -0.446. The van der Waals surface area contributed by atoms with Crippen LogP contribution in [0.25, 0.3) is 0 Å². The number of benzene rings is 1. The van der Waals surface area contributed by atoms with Crippen molar-refractivity contribution in [2.45, 2.75) is 29.7 Å². The van der Waals surface area contributed by atoms with Crippen molar-refractivity contribution in [3.8, 4) is 0 Å². The van der Waals surface area contributed by atoms with Gasteiger partial charge in [-0.3, -0.25) is 9.59 Å². The highest BCUT2D eigenvalue weighted by molar-refractivity contribution is 7.99. The summed E-state index contributed by atoms with van der Waals surface area (Å²) >= 11 is 0.388. The van der Waals surface area contributed by atoms with Crippen LogP contribution in [0, 0.1) is 5.92 Å². The van der Waals surface area contributed by atoms with Crippen LogP contribution in [0.2, 0.25) is 0 Å². The zero-order valence-electron chi connectivity index (χ0n) is 17.1. The highest BCUT2D eigenvalue weighted by Gasteiger charge is 2.31. The maximum absolute atomic E-state index is 12.7. The Kier molecular flexibility index (Phi) is 8.11. The summed E-state index contributed by atoms with van der Waals surface area (Å²) in [6, 6.07) is 8.08. The fourth-order valence-electron chi connectivity index (χ4n) is 3.26. The third kappa shape index (κ3) is 7.31. The minimum Gasteiger partial charge on any atom is -0.455 e. The first kappa shape index (κ1) is 24.7. The molecule has 1 aliphatic heterocycles. The van der Waals surface area contributed by atoms with Gasteiger partial charge in [0.1, 0.15) is 5.82 Å². The van der Waals surface area contributed by atoms with Gasteiger partial charge in [-0.15, -0.1) is 0 Å². The van der Waals surface area contributed by atoms with Crippen molar-refractivity contribution in [3.63, 3.8) is 0 Å². The van der Waals surface area contributed by atoms with E-state index in [1.165, 1.54) is 30.3 Å². The lowest BCUT2D eigenvalue weighted by molar-refractivity contribution is -0.152. The molecule has 2 heterocycles. The number of nitrogens with one attached hydrogen (secondary N) is 1. The Morgan fingerprint density at radius 2 is 1.79 bits per heavy atom. The van der Waals surface area contributed by atoms with E-state index < -0.39 is 41.9 Å². The molecule has 3 rings (SSSR count). The quantitative estimate of drug-likeness (QED) is 0.342. The van der Waals surface area contributed by atoms with Gasteiger partial charge < -0.3 is 15.0 Å². The van der Waals surface area contributed by atoms with Gasteiger partial charge in [-0.2, -0.15) is 22.0 Å². The first-order valence-electron chi connectivity index (χ1n) is 9.91. The van der Waals surface area contributed by atoms with Crippen molar-refractivity contribution in [1.29, 1.82) is 0 Å². The molecule has 33 heavy (non-hydrogen) atoms. The number of hydrogen-bond acceptors (Lipinski definition) is 6. The third-order valence-corrected chi connectivity index (χ3v) is 5.66. The van der Waals surface area contributed by atoms with Gasteiger partial charge in [-0.1, -0.05) is 11.8 Å². The first-order valence-corrected chi connectivity index (χ1v) is 10.8. The van der Waals surface area contributed by atoms with Crippen LogP contribution in [0.4, 0.5) is 33.5 Å². The summed E-state index contributed by atoms with van der Waals surface area (Å²) in [6.07, 6.45) is -2.86. The fraction of sp³-hybridized carbons (Fsp3) is 0.381. The number of hydrogen-bond donors (Lipinski definition) is 1. The summed E-state index contributed by atoms with van der Waals surface area (Å²) < 4.78 is 67.7. The molecule has 12 heteroatoms. The van der Waals surface area contributed by atoms with Crippen molar-refractivity contribution in [2.75, 3.05) is 29.9 Å². The van der Waals surface area contributed by atoms with Crippen molar-refractivity contribution in [3.05, 3.63) is 48.2 Å². The van der Waals surface area contributed by atoms with Gasteiger partial charge >= 0.3 is 12.1 Å². The van der Waals surface area contributed by atoms with Gasteiger partial charge in [-0.25, -0.2) is 4.98 Å². The van der Waals surface area contributed by atoms with Crippen LogP contribution in [0.15, 0.2) is 47.5 Å². The van der Waals surface area contributed by atoms with E-state index in [-0.39, 0.29) is 0 Å². The van der Waals surface area contributed by atoms with Crippen LogP contribution < -0.4 is 10.2 Å². The van der Waals surface area contributed by atoms with Gasteiger partial charge in [0.2, 0.25) is 0 Å². The zero-order valence-corrected chi connectivity index (χ0v) is 18.0. The predicted octanol–water partition coefficient (Wildman–Crippen LogP) is 4.81. The number of anilines is 2. The summed E-state index contributed by atoms with van der Waals surface area (Å²) in [5, 5.41) is 2.51.